The smallest absolute Gasteiger partial charge is 0.229 e. The molecule has 2 atom stereocenters. The fourth-order valence-corrected chi connectivity index (χ4v) is 5.19. The summed E-state index contributed by atoms with van der Waals surface area (Å²) in [5, 5.41) is 6.96. The Bertz CT molecular complexity index is 1180. The zero-order valence-electron chi connectivity index (χ0n) is 18.8. The van der Waals surface area contributed by atoms with Crippen molar-refractivity contribution < 1.29 is 9.53 Å². The lowest BCUT2D eigenvalue weighted by atomic mass is 9.95. The summed E-state index contributed by atoms with van der Waals surface area (Å²) in [4.78, 5) is 20.2. The van der Waals surface area contributed by atoms with Gasteiger partial charge in [0.15, 0.2) is 5.11 Å². The Balaban J connectivity index is 1.74. The number of thiocarbonyl (C=S) groups is 1. The monoisotopic (exact) mass is 500 g/mol. The van der Waals surface area contributed by atoms with Gasteiger partial charge in [0.1, 0.15) is 5.75 Å². The number of thiophene rings is 1. The number of rotatable bonds is 5. The number of carbonyl (C=O) groups excluding carboxylic acids is 1. The van der Waals surface area contributed by atoms with Gasteiger partial charge in [0.25, 0.3) is 0 Å². The summed E-state index contributed by atoms with van der Waals surface area (Å²) in [6.07, 6.45) is 1.77. The number of pyridine rings is 1. The molecule has 0 saturated carbocycles. The Labute approximate surface area is 207 Å². The molecule has 172 valence electrons. The molecule has 0 radical (unpaired) electrons. The van der Waals surface area contributed by atoms with Gasteiger partial charge in [-0.25, -0.2) is 0 Å². The van der Waals surface area contributed by atoms with E-state index in [1.54, 1.807) is 13.3 Å². The van der Waals surface area contributed by atoms with Crippen LogP contribution in [0.15, 0.2) is 54.7 Å². The number of aromatic nitrogens is 1. The first-order chi connectivity index (χ1) is 15.7. The van der Waals surface area contributed by atoms with E-state index < -0.39 is 5.41 Å². The molecule has 1 fully saturated rings. The zero-order chi connectivity index (χ0) is 23.8. The Morgan fingerprint density at radius 2 is 2.03 bits per heavy atom. The number of anilines is 2. The molecule has 1 aliphatic heterocycles. The Kier molecular flexibility index (Phi) is 6.61. The molecule has 4 rings (SSSR count). The number of hydrogen-bond acceptors (Lipinski definition) is 5. The molecule has 1 aromatic carbocycles. The fraction of sp³-hybridized carbons (Fsp3) is 0.292. The molecule has 1 saturated heterocycles. The van der Waals surface area contributed by atoms with Crippen LogP contribution in [-0.2, 0) is 4.79 Å². The minimum absolute atomic E-state index is 0.0896. The van der Waals surface area contributed by atoms with Gasteiger partial charge >= 0.3 is 0 Å². The van der Waals surface area contributed by atoms with E-state index in [0.717, 1.165) is 16.3 Å². The number of benzene rings is 1. The predicted octanol–water partition coefficient (Wildman–Crippen LogP) is 5.97. The van der Waals surface area contributed by atoms with Gasteiger partial charge < -0.3 is 20.3 Å². The molecule has 1 aliphatic rings. The summed E-state index contributed by atoms with van der Waals surface area (Å²) >= 11 is 13.6. The van der Waals surface area contributed by atoms with Crippen molar-refractivity contribution in [3.8, 4) is 5.75 Å². The van der Waals surface area contributed by atoms with Crippen molar-refractivity contribution in [2.75, 3.05) is 17.3 Å². The quantitative estimate of drug-likeness (QED) is 0.421. The van der Waals surface area contributed by atoms with Crippen LogP contribution < -0.4 is 20.3 Å². The van der Waals surface area contributed by atoms with Crippen molar-refractivity contribution in [1.29, 1.82) is 0 Å². The van der Waals surface area contributed by atoms with E-state index in [9.17, 15) is 4.79 Å². The van der Waals surface area contributed by atoms with Crippen molar-refractivity contribution in [3.63, 3.8) is 0 Å². The average Bonchev–Trinajstić information content (AvgIpc) is 3.36. The molecule has 2 aromatic heterocycles. The van der Waals surface area contributed by atoms with Crippen molar-refractivity contribution in [3.05, 3.63) is 69.6 Å². The van der Waals surface area contributed by atoms with E-state index in [1.165, 1.54) is 11.3 Å². The first-order valence-electron chi connectivity index (χ1n) is 10.4. The number of amides is 1. The van der Waals surface area contributed by atoms with Crippen LogP contribution in [0.1, 0.15) is 43.4 Å². The zero-order valence-corrected chi connectivity index (χ0v) is 21.1. The highest BCUT2D eigenvalue weighted by molar-refractivity contribution is 7.80. The van der Waals surface area contributed by atoms with E-state index in [0.29, 0.717) is 20.9 Å². The molecule has 6 nitrogen and oxygen atoms in total. The van der Waals surface area contributed by atoms with Crippen molar-refractivity contribution >= 4 is 57.5 Å². The van der Waals surface area contributed by atoms with Crippen LogP contribution in [0.4, 0.5) is 11.4 Å². The molecule has 1 amide bonds. The van der Waals surface area contributed by atoms with Crippen LogP contribution in [0.25, 0.3) is 0 Å². The van der Waals surface area contributed by atoms with Gasteiger partial charge in [-0.1, -0.05) is 38.4 Å². The molecule has 0 spiro atoms. The first-order valence-corrected chi connectivity index (χ1v) is 12.0. The van der Waals surface area contributed by atoms with Gasteiger partial charge in [0, 0.05) is 28.2 Å². The maximum atomic E-state index is 12.5. The van der Waals surface area contributed by atoms with Crippen LogP contribution in [-0.4, -0.2) is 23.1 Å². The molecule has 33 heavy (non-hydrogen) atoms. The van der Waals surface area contributed by atoms with Crippen molar-refractivity contribution in [1.82, 2.24) is 10.3 Å². The van der Waals surface area contributed by atoms with E-state index >= 15 is 0 Å². The number of nitrogens with zero attached hydrogens (tertiary/aromatic N) is 2. The van der Waals surface area contributed by atoms with Crippen LogP contribution in [0, 0.1) is 5.41 Å². The normalized spacial score (nSPS) is 18.2. The van der Waals surface area contributed by atoms with Crippen LogP contribution in [0.3, 0.4) is 0 Å². The lowest BCUT2D eigenvalue weighted by Crippen LogP contribution is -2.29. The van der Waals surface area contributed by atoms with Gasteiger partial charge in [0.2, 0.25) is 5.91 Å². The Hall–Kier alpha value is -2.68. The first kappa shape index (κ1) is 23.5. The molecule has 3 heterocycles. The Morgan fingerprint density at radius 1 is 1.24 bits per heavy atom. The molecule has 0 unspecified atom stereocenters. The number of carbonyl (C=O) groups is 1. The number of halogens is 1. The second-order valence-corrected chi connectivity index (χ2v) is 10.9. The summed E-state index contributed by atoms with van der Waals surface area (Å²) in [6, 6.07) is 15.1. The van der Waals surface area contributed by atoms with Gasteiger partial charge in [-0.2, -0.15) is 0 Å². The second-order valence-electron chi connectivity index (χ2n) is 8.73. The standard InChI is InChI=1S/C24H25ClN4O2S2/c1-24(2,3)22(30)27-15-9-8-14(13-17(15)31-4)29-21(18-10-11-19(25)33-18)20(28-23(29)32)16-7-5-6-12-26-16/h5-13,20-21H,1-4H3,(H,27,30)(H,28,32)/t20-,21+/m0/s1. The van der Waals surface area contributed by atoms with Gasteiger partial charge in [-0.05, 0) is 48.6 Å². The molecular formula is C24H25ClN4O2S2. The number of methoxy groups -OCH3 is 1. The number of hydrogen-bond donors (Lipinski definition) is 2. The van der Waals surface area contributed by atoms with Crippen molar-refractivity contribution in [2.24, 2.45) is 5.41 Å². The topological polar surface area (TPSA) is 66.5 Å². The molecule has 3 aromatic rings. The van der Waals surface area contributed by atoms with Crippen LogP contribution in [0.5, 0.6) is 5.75 Å². The summed E-state index contributed by atoms with van der Waals surface area (Å²) in [6.45, 7) is 5.60. The summed E-state index contributed by atoms with van der Waals surface area (Å²) < 4.78 is 6.32. The summed E-state index contributed by atoms with van der Waals surface area (Å²) in [5.41, 5.74) is 1.81. The van der Waals surface area contributed by atoms with Gasteiger partial charge in [-0.3, -0.25) is 9.78 Å². The largest absolute Gasteiger partial charge is 0.494 e. The SMILES string of the molecule is COc1cc(N2C(=S)N[C@@H](c3ccccn3)[C@H]2c2ccc(Cl)s2)ccc1NC(=O)C(C)(C)C. The van der Waals surface area contributed by atoms with E-state index in [4.69, 9.17) is 28.6 Å². The minimum atomic E-state index is -0.524. The molecule has 9 heteroatoms. The van der Waals surface area contributed by atoms with Crippen LogP contribution >= 0.6 is 35.2 Å². The average molecular weight is 501 g/mol. The fourth-order valence-electron chi connectivity index (χ4n) is 3.65. The number of nitrogens with one attached hydrogen (secondary N) is 2. The third-order valence-electron chi connectivity index (χ3n) is 5.38. The number of ether oxygens (including phenoxy) is 1. The molecule has 0 aliphatic carbocycles. The molecule has 2 N–H and O–H groups in total. The van der Waals surface area contributed by atoms with Gasteiger partial charge in [-0.15, -0.1) is 11.3 Å². The maximum Gasteiger partial charge on any atom is 0.229 e. The van der Waals surface area contributed by atoms with E-state index in [1.807, 2.05) is 69.3 Å². The van der Waals surface area contributed by atoms with Crippen molar-refractivity contribution in [2.45, 2.75) is 32.9 Å². The maximum absolute atomic E-state index is 12.5. The second kappa shape index (κ2) is 9.29. The molecular weight excluding hydrogens is 476 g/mol. The summed E-state index contributed by atoms with van der Waals surface area (Å²) in [7, 11) is 1.58. The minimum Gasteiger partial charge on any atom is -0.494 e. The van der Waals surface area contributed by atoms with Crippen LogP contribution in [0.2, 0.25) is 4.34 Å². The predicted molar refractivity (Wildman–Crippen MR) is 138 cm³/mol. The third-order valence-corrected chi connectivity index (χ3v) is 6.99. The highest BCUT2D eigenvalue weighted by Crippen LogP contribution is 2.45. The van der Waals surface area contributed by atoms with E-state index in [2.05, 4.69) is 20.5 Å². The van der Waals surface area contributed by atoms with Gasteiger partial charge in [0.05, 0.1) is 34.9 Å². The van der Waals surface area contributed by atoms with E-state index in [-0.39, 0.29) is 18.0 Å². The third kappa shape index (κ3) is 4.83. The lowest BCUT2D eigenvalue weighted by Gasteiger charge is -2.27. The lowest BCUT2D eigenvalue weighted by molar-refractivity contribution is -0.123. The molecule has 0 bridgehead atoms. The summed E-state index contributed by atoms with van der Waals surface area (Å²) in [5.74, 6) is 0.463. The highest BCUT2D eigenvalue weighted by Gasteiger charge is 2.41. The Morgan fingerprint density at radius 3 is 2.64 bits per heavy atom. The highest BCUT2D eigenvalue weighted by atomic mass is 35.5.